The number of nitrogens with one attached hydrogen (secondary N) is 2. The zero-order chi connectivity index (χ0) is 24.8. The second-order valence-corrected chi connectivity index (χ2v) is 8.68. The van der Waals surface area contributed by atoms with Crippen LogP contribution in [0.4, 0.5) is 5.82 Å². The fraction of sp³-hybridized carbons (Fsp3) is 0.480. The van der Waals surface area contributed by atoms with Crippen LogP contribution in [0, 0.1) is 13.8 Å². The molecule has 4 N–H and O–H groups in total. The Morgan fingerprint density at radius 3 is 2.74 bits per heavy atom. The summed E-state index contributed by atoms with van der Waals surface area (Å²) in [6.45, 7) is 5.53. The summed E-state index contributed by atoms with van der Waals surface area (Å²) in [5.41, 5.74) is 3.59. The average molecular weight is 484 g/mol. The fourth-order valence-corrected chi connectivity index (χ4v) is 4.10. The molecule has 3 heterocycles. The third-order valence-corrected chi connectivity index (χ3v) is 6.00. The average Bonchev–Trinajstić information content (AvgIpc) is 3.25. The van der Waals surface area contributed by atoms with Crippen LogP contribution in [0.5, 0.6) is 5.75 Å². The van der Waals surface area contributed by atoms with Gasteiger partial charge in [-0.15, -0.1) is 0 Å². The second-order valence-electron chi connectivity index (χ2n) is 8.68. The van der Waals surface area contributed by atoms with Crippen molar-refractivity contribution in [2.75, 3.05) is 38.7 Å². The van der Waals surface area contributed by atoms with Crippen molar-refractivity contribution in [3.05, 3.63) is 41.3 Å². The zero-order valence-corrected chi connectivity index (χ0v) is 20.4. The van der Waals surface area contributed by atoms with E-state index < -0.39 is 6.10 Å². The highest BCUT2D eigenvalue weighted by Crippen LogP contribution is 2.34. The molecule has 10 heteroatoms. The van der Waals surface area contributed by atoms with Gasteiger partial charge in [0.15, 0.2) is 11.6 Å². The Kier molecular flexibility index (Phi) is 8.29. The summed E-state index contributed by atoms with van der Waals surface area (Å²) in [6.07, 6.45) is 1.16. The number of aryl methyl sites for hydroxylation is 1. The first kappa shape index (κ1) is 25.1. The molecule has 0 aliphatic carbocycles. The van der Waals surface area contributed by atoms with Crippen molar-refractivity contribution in [2.24, 2.45) is 0 Å². The number of aromatic nitrogens is 3. The largest absolute Gasteiger partial charge is 0.491 e. The molecule has 0 bridgehead atoms. The molecule has 1 aromatic carbocycles. The molecule has 1 fully saturated rings. The molecule has 2 aromatic heterocycles. The van der Waals surface area contributed by atoms with Crippen LogP contribution in [0.1, 0.15) is 29.9 Å². The quantitative estimate of drug-likeness (QED) is 0.341. The number of benzene rings is 1. The molecular weight excluding hydrogens is 450 g/mol. The minimum atomic E-state index is -0.616. The maximum Gasteiger partial charge on any atom is 0.171 e. The minimum absolute atomic E-state index is 0.167. The van der Waals surface area contributed by atoms with E-state index in [-0.39, 0.29) is 19.3 Å². The van der Waals surface area contributed by atoms with Crippen LogP contribution in [0.25, 0.3) is 22.6 Å². The summed E-state index contributed by atoms with van der Waals surface area (Å²) >= 11 is 0. The Hall–Kier alpha value is -3.05. The minimum Gasteiger partial charge on any atom is -0.491 e. The lowest BCUT2D eigenvalue weighted by Gasteiger charge is -2.25. The van der Waals surface area contributed by atoms with Crippen molar-refractivity contribution in [3.8, 4) is 28.4 Å². The van der Waals surface area contributed by atoms with Gasteiger partial charge in [0.1, 0.15) is 30.9 Å². The summed E-state index contributed by atoms with van der Waals surface area (Å²) in [6, 6.07) is 7.71. The van der Waals surface area contributed by atoms with Crippen molar-refractivity contribution >= 4 is 5.82 Å². The van der Waals surface area contributed by atoms with Crippen LogP contribution in [0.2, 0.25) is 0 Å². The van der Waals surface area contributed by atoms with E-state index in [4.69, 9.17) is 24.0 Å². The number of aliphatic hydroxyl groups excluding tert-OH is 2. The smallest absolute Gasteiger partial charge is 0.171 e. The van der Waals surface area contributed by atoms with Gasteiger partial charge in [-0.1, -0.05) is 17.3 Å². The molecule has 0 spiro atoms. The highest BCUT2D eigenvalue weighted by molar-refractivity contribution is 5.74. The van der Waals surface area contributed by atoms with Gasteiger partial charge in [-0.05, 0) is 45.9 Å². The summed E-state index contributed by atoms with van der Waals surface area (Å²) in [5.74, 6) is 2.20. The van der Waals surface area contributed by atoms with Gasteiger partial charge in [-0.3, -0.25) is 0 Å². The van der Waals surface area contributed by atoms with Gasteiger partial charge in [0.2, 0.25) is 0 Å². The van der Waals surface area contributed by atoms with Gasteiger partial charge in [0.05, 0.1) is 17.0 Å². The topological polar surface area (TPSA) is 135 Å². The third-order valence-electron chi connectivity index (χ3n) is 6.00. The van der Waals surface area contributed by atoms with Gasteiger partial charge in [-0.2, -0.15) is 0 Å². The lowest BCUT2D eigenvalue weighted by Crippen LogP contribution is -2.29. The first-order valence-corrected chi connectivity index (χ1v) is 11.8. The van der Waals surface area contributed by atoms with Crippen molar-refractivity contribution < 1.29 is 24.2 Å². The van der Waals surface area contributed by atoms with E-state index in [9.17, 15) is 10.2 Å². The van der Waals surface area contributed by atoms with Crippen LogP contribution in [-0.2, 0) is 11.3 Å². The SMILES string of the molecule is CNCC(O)COc1cccc(-c2nc(NC3CCOCC3)c(C)c(-c3c(C)noc3CO)n2)c1. The van der Waals surface area contributed by atoms with E-state index in [1.165, 1.54) is 0 Å². The predicted octanol–water partition coefficient (Wildman–Crippen LogP) is 2.46. The van der Waals surface area contributed by atoms with Crippen molar-refractivity contribution in [1.29, 1.82) is 0 Å². The third kappa shape index (κ3) is 5.96. The van der Waals surface area contributed by atoms with E-state index in [1.807, 2.05) is 38.1 Å². The standard InChI is InChI=1S/C25H33N5O5/c1-15-23(22-16(2)30-35-21(22)13-31)28-25(29-24(15)27-18-7-9-33-10-8-18)17-5-4-6-20(11-17)34-14-19(32)12-26-3/h4-6,11,18-19,26,31-32H,7-10,12-14H2,1-3H3,(H,27,28,29). The van der Waals surface area contributed by atoms with Crippen LogP contribution >= 0.6 is 0 Å². The fourth-order valence-electron chi connectivity index (χ4n) is 4.10. The number of ether oxygens (including phenoxy) is 2. The van der Waals surface area contributed by atoms with Gasteiger partial charge in [0.25, 0.3) is 0 Å². The zero-order valence-electron chi connectivity index (χ0n) is 20.4. The van der Waals surface area contributed by atoms with E-state index in [0.717, 1.165) is 29.8 Å². The Balaban J connectivity index is 1.73. The number of aliphatic hydroxyl groups is 2. The summed E-state index contributed by atoms with van der Waals surface area (Å²) in [5, 5.41) is 30.3. The number of anilines is 1. The maximum atomic E-state index is 9.97. The number of nitrogens with zero attached hydrogens (tertiary/aromatic N) is 3. The second kappa shape index (κ2) is 11.6. The van der Waals surface area contributed by atoms with Crippen LogP contribution < -0.4 is 15.4 Å². The molecule has 1 saturated heterocycles. The number of likely N-dealkylation sites (N-methyl/N-ethyl adjacent to an activating group) is 1. The Labute approximate surface area is 204 Å². The Morgan fingerprint density at radius 1 is 1.20 bits per heavy atom. The summed E-state index contributed by atoms with van der Waals surface area (Å²) < 4.78 is 16.6. The molecule has 0 amide bonds. The molecule has 4 rings (SSSR count). The van der Waals surface area contributed by atoms with Crippen molar-refractivity contribution in [1.82, 2.24) is 20.4 Å². The monoisotopic (exact) mass is 483 g/mol. The molecule has 35 heavy (non-hydrogen) atoms. The van der Waals surface area contributed by atoms with Crippen molar-refractivity contribution in [3.63, 3.8) is 0 Å². The highest BCUT2D eigenvalue weighted by atomic mass is 16.5. The van der Waals surface area contributed by atoms with Gasteiger partial charge in [-0.25, -0.2) is 9.97 Å². The molecule has 1 aliphatic heterocycles. The molecule has 1 unspecified atom stereocenters. The number of hydrogen-bond acceptors (Lipinski definition) is 10. The van der Waals surface area contributed by atoms with Crippen LogP contribution in [0.15, 0.2) is 28.8 Å². The predicted molar refractivity (Wildman–Crippen MR) is 131 cm³/mol. The summed E-state index contributed by atoms with van der Waals surface area (Å²) in [7, 11) is 1.78. The van der Waals surface area contributed by atoms with E-state index in [1.54, 1.807) is 7.05 Å². The number of hydrogen-bond donors (Lipinski definition) is 4. The number of rotatable bonds is 10. The first-order valence-electron chi connectivity index (χ1n) is 11.8. The highest BCUT2D eigenvalue weighted by Gasteiger charge is 2.23. The summed E-state index contributed by atoms with van der Waals surface area (Å²) in [4.78, 5) is 9.74. The molecule has 1 atom stereocenters. The van der Waals surface area contributed by atoms with Crippen molar-refractivity contribution in [2.45, 2.75) is 45.4 Å². The molecular formula is C25H33N5O5. The Bertz CT molecular complexity index is 1130. The lowest BCUT2D eigenvalue weighted by molar-refractivity contribution is 0.0904. The molecule has 0 saturated carbocycles. The normalized spacial score (nSPS) is 15.2. The molecule has 188 valence electrons. The van der Waals surface area contributed by atoms with Crippen LogP contribution in [0.3, 0.4) is 0 Å². The Morgan fingerprint density at radius 2 is 2.00 bits per heavy atom. The molecule has 0 radical (unpaired) electrons. The van der Waals surface area contributed by atoms with Gasteiger partial charge < -0.3 is 34.8 Å². The molecule has 10 nitrogen and oxygen atoms in total. The van der Waals surface area contributed by atoms with Gasteiger partial charge in [0, 0.05) is 36.9 Å². The van der Waals surface area contributed by atoms with E-state index >= 15 is 0 Å². The maximum absolute atomic E-state index is 9.97. The molecule has 1 aliphatic rings. The lowest BCUT2D eigenvalue weighted by atomic mass is 10.0. The van der Waals surface area contributed by atoms with E-state index in [0.29, 0.717) is 54.0 Å². The van der Waals surface area contributed by atoms with Crippen LogP contribution in [-0.4, -0.2) is 70.9 Å². The van der Waals surface area contributed by atoms with E-state index in [2.05, 4.69) is 15.8 Å². The van der Waals surface area contributed by atoms with Gasteiger partial charge >= 0.3 is 0 Å². The first-order chi connectivity index (χ1) is 17.0. The molecule has 3 aromatic rings.